The Bertz CT molecular complexity index is 751. The minimum Gasteiger partial charge on any atom is -0.459 e. The summed E-state index contributed by atoms with van der Waals surface area (Å²) in [6, 6.07) is 18.6. The van der Waals surface area contributed by atoms with Gasteiger partial charge in [-0.1, -0.05) is 55.3 Å². The Labute approximate surface area is 167 Å². The largest absolute Gasteiger partial charge is 0.459 e. The van der Waals surface area contributed by atoms with Crippen LogP contribution in [0.1, 0.15) is 49.1 Å². The van der Waals surface area contributed by atoms with Crippen molar-refractivity contribution in [3.05, 3.63) is 65.7 Å². The minimum atomic E-state index is -0.177. The van der Waals surface area contributed by atoms with Gasteiger partial charge in [-0.05, 0) is 36.1 Å². The van der Waals surface area contributed by atoms with Crippen molar-refractivity contribution in [3.63, 3.8) is 0 Å². The van der Waals surface area contributed by atoms with E-state index in [1.165, 1.54) is 31.4 Å². The van der Waals surface area contributed by atoms with Crippen molar-refractivity contribution in [3.8, 4) is 0 Å². The average molecular weight is 380 g/mol. The Balaban J connectivity index is 1.31. The summed E-state index contributed by atoms with van der Waals surface area (Å²) in [7, 11) is 0. The fraction of sp³-hybridized carbons (Fsp3) is 0.458. The Hall–Kier alpha value is -2.33. The van der Waals surface area contributed by atoms with Crippen molar-refractivity contribution in [2.75, 3.05) is 24.6 Å². The zero-order chi connectivity index (χ0) is 19.2. The Morgan fingerprint density at radius 2 is 1.64 bits per heavy atom. The molecule has 2 heterocycles. The molecule has 28 heavy (non-hydrogen) atoms. The van der Waals surface area contributed by atoms with Gasteiger partial charge in [0.2, 0.25) is 0 Å². The van der Waals surface area contributed by atoms with Crippen LogP contribution in [-0.4, -0.2) is 31.8 Å². The van der Waals surface area contributed by atoms with Crippen molar-refractivity contribution in [1.82, 2.24) is 0 Å². The van der Waals surface area contributed by atoms with Crippen LogP contribution in [0.15, 0.2) is 54.6 Å². The number of carbonyl (C=O) groups is 1. The molecule has 2 saturated heterocycles. The van der Waals surface area contributed by atoms with E-state index in [1.807, 2.05) is 30.3 Å². The molecule has 0 bridgehead atoms. The molecular formula is C24H29NO3. The first kappa shape index (κ1) is 19.0. The SMILES string of the molecule is O=C1OC(COCc2ccccc2)CC1c1ccc(N2CCCCCC2)cc1. The van der Waals surface area contributed by atoms with E-state index in [0.717, 1.165) is 24.2 Å². The van der Waals surface area contributed by atoms with Crippen molar-refractivity contribution >= 4 is 11.7 Å². The van der Waals surface area contributed by atoms with Crippen LogP contribution in [0.4, 0.5) is 5.69 Å². The molecule has 2 aromatic carbocycles. The van der Waals surface area contributed by atoms with E-state index in [0.29, 0.717) is 19.6 Å². The topological polar surface area (TPSA) is 38.8 Å². The van der Waals surface area contributed by atoms with E-state index in [9.17, 15) is 4.79 Å². The van der Waals surface area contributed by atoms with Gasteiger partial charge in [-0.25, -0.2) is 0 Å². The summed E-state index contributed by atoms with van der Waals surface area (Å²) in [6.45, 7) is 3.25. The molecule has 0 N–H and O–H groups in total. The fourth-order valence-corrected chi connectivity index (χ4v) is 4.16. The number of benzene rings is 2. The molecule has 148 valence electrons. The summed E-state index contributed by atoms with van der Waals surface area (Å²) in [5.41, 5.74) is 3.45. The molecule has 2 unspecified atom stereocenters. The zero-order valence-electron chi connectivity index (χ0n) is 16.4. The van der Waals surface area contributed by atoms with Gasteiger partial charge in [-0.2, -0.15) is 0 Å². The lowest BCUT2D eigenvalue weighted by Crippen LogP contribution is -2.23. The molecule has 2 atom stereocenters. The van der Waals surface area contributed by atoms with Crippen LogP contribution < -0.4 is 4.90 Å². The zero-order valence-corrected chi connectivity index (χ0v) is 16.4. The van der Waals surface area contributed by atoms with E-state index >= 15 is 0 Å². The van der Waals surface area contributed by atoms with Crippen LogP contribution in [0.25, 0.3) is 0 Å². The molecule has 0 saturated carbocycles. The first-order chi connectivity index (χ1) is 13.8. The van der Waals surface area contributed by atoms with Gasteiger partial charge in [0, 0.05) is 25.2 Å². The first-order valence-electron chi connectivity index (χ1n) is 10.5. The van der Waals surface area contributed by atoms with E-state index in [-0.39, 0.29) is 18.0 Å². The normalized spacial score (nSPS) is 22.7. The summed E-state index contributed by atoms with van der Waals surface area (Å²) in [5.74, 6) is -0.306. The number of cyclic esters (lactones) is 1. The van der Waals surface area contributed by atoms with Gasteiger partial charge in [0.05, 0.1) is 19.1 Å². The standard InChI is InChI=1S/C24H29NO3/c26-24-23(16-22(28-24)18-27-17-19-8-4-3-5-9-19)20-10-12-21(13-11-20)25-14-6-1-2-7-15-25/h3-5,8-13,22-23H,1-2,6-7,14-18H2. The summed E-state index contributed by atoms with van der Waals surface area (Å²) in [4.78, 5) is 14.8. The second-order valence-electron chi connectivity index (χ2n) is 7.84. The average Bonchev–Trinajstić information content (AvgIpc) is 2.93. The van der Waals surface area contributed by atoms with Crippen molar-refractivity contribution in [1.29, 1.82) is 0 Å². The lowest BCUT2D eigenvalue weighted by atomic mass is 9.95. The Morgan fingerprint density at radius 1 is 0.929 bits per heavy atom. The molecule has 2 fully saturated rings. The molecule has 4 nitrogen and oxygen atoms in total. The lowest BCUT2D eigenvalue weighted by Gasteiger charge is -2.23. The van der Waals surface area contributed by atoms with Gasteiger partial charge in [0.25, 0.3) is 0 Å². The second kappa shape index (κ2) is 9.24. The fourth-order valence-electron chi connectivity index (χ4n) is 4.16. The van der Waals surface area contributed by atoms with Crippen molar-refractivity contribution in [2.45, 2.75) is 50.7 Å². The van der Waals surface area contributed by atoms with Crippen LogP contribution in [0.2, 0.25) is 0 Å². The maximum absolute atomic E-state index is 12.4. The summed E-state index contributed by atoms with van der Waals surface area (Å²) < 4.78 is 11.3. The molecule has 2 aliphatic heterocycles. The van der Waals surface area contributed by atoms with Gasteiger partial charge in [-0.3, -0.25) is 4.79 Å². The number of ether oxygens (including phenoxy) is 2. The molecule has 4 rings (SSSR count). The molecule has 0 amide bonds. The van der Waals surface area contributed by atoms with Crippen LogP contribution in [0.5, 0.6) is 0 Å². The monoisotopic (exact) mass is 379 g/mol. The first-order valence-corrected chi connectivity index (χ1v) is 10.5. The molecule has 2 aliphatic rings. The molecule has 2 aromatic rings. The number of anilines is 1. The van der Waals surface area contributed by atoms with E-state index < -0.39 is 0 Å². The summed E-state index contributed by atoms with van der Waals surface area (Å²) >= 11 is 0. The van der Waals surface area contributed by atoms with Crippen LogP contribution >= 0.6 is 0 Å². The van der Waals surface area contributed by atoms with Gasteiger partial charge in [0.1, 0.15) is 6.10 Å². The van der Waals surface area contributed by atoms with Crippen LogP contribution in [0, 0.1) is 0 Å². The molecule has 0 aliphatic carbocycles. The summed E-state index contributed by atoms with van der Waals surface area (Å²) in [6.07, 6.45) is 5.72. The molecular weight excluding hydrogens is 350 g/mol. The Kier molecular flexibility index (Phi) is 6.27. The third-order valence-corrected chi connectivity index (χ3v) is 5.75. The number of nitrogens with zero attached hydrogens (tertiary/aromatic N) is 1. The third kappa shape index (κ3) is 4.74. The predicted octanol–water partition coefficient (Wildman–Crippen LogP) is 4.68. The van der Waals surface area contributed by atoms with Gasteiger partial charge >= 0.3 is 5.97 Å². The number of carbonyl (C=O) groups excluding carboxylic acids is 1. The van der Waals surface area contributed by atoms with E-state index in [4.69, 9.17) is 9.47 Å². The van der Waals surface area contributed by atoms with Crippen molar-refractivity contribution in [2.24, 2.45) is 0 Å². The highest BCUT2D eigenvalue weighted by atomic mass is 16.6. The highest BCUT2D eigenvalue weighted by Crippen LogP contribution is 2.32. The molecule has 0 radical (unpaired) electrons. The summed E-state index contributed by atoms with van der Waals surface area (Å²) in [5, 5.41) is 0. The van der Waals surface area contributed by atoms with E-state index in [1.54, 1.807) is 0 Å². The molecule has 4 heteroatoms. The highest BCUT2D eigenvalue weighted by molar-refractivity contribution is 5.80. The van der Waals surface area contributed by atoms with Gasteiger partial charge in [0.15, 0.2) is 0 Å². The lowest BCUT2D eigenvalue weighted by molar-refractivity contribution is -0.144. The van der Waals surface area contributed by atoms with Gasteiger partial charge in [-0.15, -0.1) is 0 Å². The number of hydrogen-bond acceptors (Lipinski definition) is 4. The van der Waals surface area contributed by atoms with Gasteiger partial charge < -0.3 is 14.4 Å². The Morgan fingerprint density at radius 3 is 2.36 bits per heavy atom. The highest BCUT2D eigenvalue weighted by Gasteiger charge is 2.35. The smallest absolute Gasteiger partial charge is 0.313 e. The quantitative estimate of drug-likeness (QED) is 0.683. The molecule has 0 spiro atoms. The molecule has 0 aromatic heterocycles. The number of rotatable bonds is 6. The number of esters is 1. The predicted molar refractivity (Wildman–Crippen MR) is 110 cm³/mol. The number of hydrogen-bond donors (Lipinski definition) is 0. The maximum Gasteiger partial charge on any atom is 0.313 e. The van der Waals surface area contributed by atoms with Crippen LogP contribution in [-0.2, 0) is 20.9 Å². The van der Waals surface area contributed by atoms with E-state index in [2.05, 4.69) is 29.2 Å². The second-order valence-corrected chi connectivity index (χ2v) is 7.84. The maximum atomic E-state index is 12.4. The third-order valence-electron chi connectivity index (χ3n) is 5.75. The van der Waals surface area contributed by atoms with Crippen LogP contribution in [0.3, 0.4) is 0 Å². The van der Waals surface area contributed by atoms with Crippen molar-refractivity contribution < 1.29 is 14.3 Å². The minimum absolute atomic E-state index is 0.129.